The molecular weight excluding hydrogens is 416 g/mol. The molecule has 31 heavy (non-hydrogen) atoms. The zero-order valence-corrected chi connectivity index (χ0v) is 18.2. The molecule has 2 aromatic carbocycles. The molecule has 8 heteroatoms. The van der Waals surface area contributed by atoms with Gasteiger partial charge in [0.05, 0.1) is 36.3 Å². The smallest absolute Gasteiger partial charge is 0.214 e. The molecule has 0 unspecified atom stereocenters. The number of aromatic nitrogens is 1. The number of nitrogens with one attached hydrogen (secondary N) is 1. The number of fused-ring (bicyclic) bond motifs is 1. The van der Waals surface area contributed by atoms with Gasteiger partial charge in [-0.2, -0.15) is 0 Å². The summed E-state index contributed by atoms with van der Waals surface area (Å²) >= 11 is 0. The Hall–Kier alpha value is -2.68. The van der Waals surface area contributed by atoms with Crippen LogP contribution in [0.25, 0.3) is 10.9 Å². The van der Waals surface area contributed by atoms with Crippen molar-refractivity contribution in [1.82, 2.24) is 0 Å². The van der Waals surface area contributed by atoms with E-state index in [2.05, 4.69) is 9.88 Å². The van der Waals surface area contributed by atoms with E-state index < -0.39 is 15.6 Å². The van der Waals surface area contributed by atoms with E-state index >= 15 is 0 Å². The minimum atomic E-state index is -3.73. The first-order valence-electron chi connectivity index (χ1n) is 10.4. The Morgan fingerprint density at radius 1 is 1.03 bits per heavy atom. The predicted octanol–water partition coefficient (Wildman–Crippen LogP) is 2.84. The maximum absolute atomic E-state index is 13.6. The van der Waals surface area contributed by atoms with E-state index in [0.717, 1.165) is 10.9 Å². The molecule has 0 radical (unpaired) electrons. The summed E-state index contributed by atoms with van der Waals surface area (Å²) in [5.74, 6) is 0.135. The molecule has 0 amide bonds. The number of rotatable bonds is 4. The van der Waals surface area contributed by atoms with E-state index in [0.29, 0.717) is 50.6 Å². The van der Waals surface area contributed by atoms with Crippen LogP contribution in [0.15, 0.2) is 64.5 Å². The molecule has 3 aromatic rings. The molecule has 0 bridgehead atoms. The van der Waals surface area contributed by atoms with E-state index in [1.807, 2.05) is 24.3 Å². The van der Waals surface area contributed by atoms with Gasteiger partial charge in [0.1, 0.15) is 5.75 Å². The average Bonchev–Trinajstić information content (AvgIpc) is 3.27. The van der Waals surface area contributed by atoms with Gasteiger partial charge in [-0.3, -0.25) is 0 Å². The third kappa shape index (κ3) is 3.54. The Morgan fingerprint density at radius 3 is 2.42 bits per heavy atom. The second kappa shape index (κ2) is 7.78. The van der Waals surface area contributed by atoms with Crippen LogP contribution in [0.5, 0.6) is 5.75 Å². The first-order valence-corrected chi connectivity index (χ1v) is 11.9. The number of H-pyrrole nitrogens is 1. The largest absolute Gasteiger partial charge is 0.497 e. The minimum absolute atomic E-state index is 0.253. The Kier molecular flexibility index (Phi) is 5.08. The molecule has 162 valence electrons. The molecule has 1 aromatic heterocycles. The van der Waals surface area contributed by atoms with Gasteiger partial charge in [-0.1, -0.05) is 18.2 Å². The Balaban J connectivity index is 1.66. The summed E-state index contributed by atoms with van der Waals surface area (Å²) in [6, 6.07) is 14.2. The Bertz CT molecular complexity index is 1200. The highest BCUT2D eigenvalue weighted by atomic mass is 32.2. The second-order valence-electron chi connectivity index (χ2n) is 7.82. The molecule has 0 aliphatic carbocycles. The highest BCUT2D eigenvalue weighted by Crippen LogP contribution is 2.40. The number of hydrogen-bond donors (Lipinski definition) is 0. The summed E-state index contributed by atoms with van der Waals surface area (Å²) < 4.78 is 44.4. The normalized spacial score (nSPS) is 18.5. The molecule has 1 N–H and O–H groups in total. The van der Waals surface area contributed by atoms with Crippen molar-refractivity contribution >= 4 is 26.4 Å². The second-order valence-corrected chi connectivity index (χ2v) is 9.74. The van der Waals surface area contributed by atoms with Crippen molar-refractivity contribution in [3.8, 4) is 5.75 Å². The van der Waals surface area contributed by atoms with Crippen molar-refractivity contribution in [2.75, 3.05) is 38.3 Å². The van der Waals surface area contributed by atoms with Crippen LogP contribution >= 0.6 is 0 Å². The van der Waals surface area contributed by atoms with Crippen LogP contribution in [0.1, 0.15) is 12.8 Å². The van der Waals surface area contributed by atoms with E-state index in [-0.39, 0.29) is 9.79 Å². The molecule has 0 atom stereocenters. The fourth-order valence-electron chi connectivity index (χ4n) is 4.43. The van der Waals surface area contributed by atoms with Crippen molar-refractivity contribution in [1.29, 1.82) is 0 Å². The van der Waals surface area contributed by atoms with Gasteiger partial charge in [0.25, 0.3) is 0 Å². The summed E-state index contributed by atoms with van der Waals surface area (Å²) in [7, 11) is -2.13. The number of methoxy groups -OCH3 is 1. The van der Waals surface area contributed by atoms with Gasteiger partial charge >= 0.3 is 0 Å². The summed E-state index contributed by atoms with van der Waals surface area (Å²) in [4.78, 5) is 5.81. The van der Waals surface area contributed by atoms with Crippen molar-refractivity contribution in [2.45, 2.75) is 28.4 Å². The highest BCUT2D eigenvalue weighted by molar-refractivity contribution is 7.91. The van der Waals surface area contributed by atoms with Crippen molar-refractivity contribution in [3.63, 3.8) is 0 Å². The maximum Gasteiger partial charge on any atom is 0.214 e. The molecule has 5 rings (SSSR count). The third-order valence-electron chi connectivity index (χ3n) is 6.07. The quantitative estimate of drug-likeness (QED) is 0.620. The van der Waals surface area contributed by atoms with Crippen molar-refractivity contribution in [2.24, 2.45) is 0 Å². The number of aromatic amines is 1. The molecule has 0 saturated carbocycles. The van der Waals surface area contributed by atoms with Crippen LogP contribution < -0.4 is 14.6 Å². The fourth-order valence-corrected chi connectivity index (χ4v) is 5.91. The monoisotopic (exact) mass is 441 g/mol. The summed E-state index contributed by atoms with van der Waals surface area (Å²) in [6.45, 7) is 2.48. The first-order chi connectivity index (χ1) is 15.0. The van der Waals surface area contributed by atoms with E-state index in [1.165, 1.54) is 0 Å². The Labute approximate surface area is 181 Å². The van der Waals surface area contributed by atoms with Gasteiger partial charge < -0.3 is 19.1 Å². The van der Waals surface area contributed by atoms with Gasteiger partial charge in [0.2, 0.25) is 15.4 Å². The lowest BCUT2D eigenvalue weighted by molar-refractivity contribution is -0.347. The maximum atomic E-state index is 13.6. The molecular formula is C23H25N2O5S+. The molecule has 2 aliphatic rings. The number of nitrogens with zero attached hydrogens (tertiary/aromatic N) is 1. The van der Waals surface area contributed by atoms with Crippen LogP contribution in [-0.4, -0.2) is 47.6 Å². The Morgan fingerprint density at radius 2 is 1.74 bits per heavy atom. The fraction of sp³-hybridized carbons (Fsp3) is 0.348. The van der Waals surface area contributed by atoms with Crippen molar-refractivity contribution in [3.05, 3.63) is 54.7 Å². The number of benzene rings is 2. The number of piperidine rings is 1. The first kappa shape index (κ1) is 20.2. The third-order valence-corrected chi connectivity index (χ3v) is 7.86. The zero-order chi connectivity index (χ0) is 21.5. The lowest BCUT2D eigenvalue weighted by Crippen LogP contribution is -2.45. The van der Waals surface area contributed by atoms with Gasteiger partial charge in [-0.05, 0) is 24.3 Å². The topological polar surface area (TPSA) is 79.2 Å². The molecule has 2 fully saturated rings. The minimum Gasteiger partial charge on any atom is -0.497 e. The number of hydrogen-bond acceptors (Lipinski definition) is 6. The van der Waals surface area contributed by atoms with Gasteiger partial charge in [0.15, 0.2) is 16.9 Å². The highest BCUT2D eigenvalue weighted by Gasteiger charge is 2.41. The van der Waals surface area contributed by atoms with Crippen LogP contribution in [0.2, 0.25) is 0 Å². The molecule has 2 saturated heterocycles. The summed E-state index contributed by atoms with van der Waals surface area (Å²) in [5, 5.41) is 0.806. The van der Waals surface area contributed by atoms with Crippen molar-refractivity contribution < 1.29 is 27.6 Å². The van der Waals surface area contributed by atoms with Crippen LogP contribution in [-0.2, 0) is 19.3 Å². The number of pyridine rings is 1. The standard InChI is InChI=1S/C23H24N2O5S/c1-28-17-7-8-20-19(15-17)22(25-11-9-23(10-12-25)29-13-14-30-23)21(16-24-20)31(26,27)18-5-3-2-4-6-18/h2-8,15-16H,9-14H2,1H3/p+1. The summed E-state index contributed by atoms with van der Waals surface area (Å²) in [5.41, 5.74) is 1.53. The lowest BCUT2D eigenvalue weighted by Gasteiger charge is -2.39. The van der Waals surface area contributed by atoms with E-state index in [1.54, 1.807) is 37.6 Å². The SMILES string of the molecule is COc1ccc2[nH+]cc(S(=O)(=O)c3ccccc3)c(N3CCC4(CC3)OCCO4)c2c1. The number of ether oxygens (including phenoxy) is 3. The molecule has 3 heterocycles. The van der Waals surface area contributed by atoms with Crippen LogP contribution in [0.3, 0.4) is 0 Å². The van der Waals surface area contributed by atoms with Crippen LogP contribution in [0, 0.1) is 0 Å². The molecule has 7 nitrogen and oxygen atoms in total. The average molecular weight is 442 g/mol. The van der Waals surface area contributed by atoms with Gasteiger partial charge in [-0.25, -0.2) is 13.4 Å². The predicted molar refractivity (Wildman–Crippen MR) is 115 cm³/mol. The zero-order valence-electron chi connectivity index (χ0n) is 17.3. The van der Waals surface area contributed by atoms with E-state index in [4.69, 9.17) is 14.2 Å². The van der Waals surface area contributed by atoms with Gasteiger partial charge in [-0.15, -0.1) is 0 Å². The number of anilines is 1. The van der Waals surface area contributed by atoms with Crippen LogP contribution in [0.4, 0.5) is 5.69 Å². The number of sulfone groups is 1. The lowest BCUT2D eigenvalue weighted by atomic mass is 10.0. The summed E-state index contributed by atoms with van der Waals surface area (Å²) in [6.07, 6.45) is 2.96. The molecule has 2 aliphatic heterocycles. The van der Waals surface area contributed by atoms with E-state index in [9.17, 15) is 8.42 Å². The van der Waals surface area contributed by atoms with Gasteiger partial charge in [0, 0.05) is 32.0 Å². The molecule has 1 spiro atoms.